The number of halogens is 1. The standard InChI is InChI=1S/C18H16ClN3O3S3/c19-13-6-7-16-15(10-13)20-18(27-16)26-11-17(23)21-8-9-22(12-21)28(24,25)14-4-2-1-3-5-14/h1-7,10H,8-9,11-12H2. The van der Waals surface area contributed by atoms with Crippen LogP contribution in [-0.2, 0) is 14.8 Å². The molecule has 1 aliphatic heterocycles. The maximum Gasteiger partial charge on any atom is 0.244 e. The number of fused-ring (bicyclic) bond motifs is 1. The lowest BCUT2D eigenvalue weighted by Crippen LogP contribution is -2.34. The number of amides is 1. The summed E-state index contributed by atoms with van der Waals surface area (Å²) < 4.78 is 28.5. The molecule has 1 fully saturated rings. The van der Waals surface area contributed by atoms with Gasteiger partial charge in [-0.1, -0.05) is 41.6 Å². The summed E-state index contributed by atoms with van der Waals surface area (Å²) in [5, 5.41) is 0.627. The first-order chi connectivity index (χ1) is 13.4. The lowest BCUT2D eigenvalue weighted by Gasteiger charge is -2.18. The third-order valence-electron chi connectivity index (χ3n) is 4.33. The zero-order valence-corrected chi connectivity index (χ0v) is 17.8. The number of carbonyl (C=O) groups excluding carboxylic acids is 1. The summed E-state index contributed by atoms with van der Waals surface area (Å²) in [5.41, 5.74) is 0.814. The summed E-state index contributed by atoms with van der Waals surface area (Å²) in [5.74, 6) is 0.111. The summed E-state index contributed by atoms with van der Waals surface area (Å²) in [6, 6.07) is 13.8. The SMILES string of the molecule is O=C(CSc1nc2cc(Cl)ccc2s1)N1CCN(S(=O)(=O)c2ccccc2)C1. The van der Waals surface area contributed by atoms with E-state index in [2.05, 4.69) is 4.98 Å². The van der Waals surface area contributed by atoms with E-state index < -0.39 is 10.0 Å². The normalized spacial score (nSPS) is 15.4. The number of aromatic nitrogens is 1. The Kier molecular flexibility index (Phi) is 5.62. The third kappa shape index (κ3) is 4.04. The van der Waals surface area contributed by atoms with Gasteiger partial charge in [-0.25, -0.2) is 13.4 Å². The second-order valence-electron chi connectivity index (χ2n) is 6.17. The number of thioether (sulfide) groups is 1. The molecule has 1 aromatic heterocycles. The zero-order chi connectivity index (χ0) is 19.7. The van der Waals surface area contributed by atoms with Crippen molar-refractivity contribution in [3.63, 3.8) is 0 Å². The number of thiazole rings is 1. The van der Waals surface area contributed by atoms with Gasteiger partial charge >= 0.3 is 0 Å². The van der Waals surface area contributed by atoms with Gasteiger partial charge in [0.25, 0.3) is 0 Å². The van der Waals surface area contributed by atoms with E-state index in [1.165, 1.54) is 27.4 Å². The van der Waals surface area contributed by atoms with Crippen LogP contribution in [0.25, 0.3) is 10.2 Å². The van der Waals surface area contributed by atoms with Gasteiger partial charge in [0.15, 0.2) is 4.34 Å². The van der Waals surface area contributed by atoms with Gasteiger partial charge < -0.3 is 4.90 Å². The first-order valence-electron chi connectivity index (χ1n) is 8.45. The molecule has 0 saturated carbocycles. The van der Waals surface area contributed by atoms with Crippen LogP contribution < -0.4 is 0 Å². The van der Waals surface area contributed by atoms with Crippen LogP contribution in [0, 0.1) is 0 Å². The lowest BCUT2D eigenvalue weighted by atomic mass is 10.3. The summed E-state index contributed by atoms with van der Waals surface area (Å²) in [7, 11) is -3.58. The maximum absolute atomic E-state index is 12.7. The van der Waals surface area contributed by atoms with Crippen molar-refractivity contribution in [2.45, 2.75) is 9.24 Å². The van der Waals surface area contributed by atoms with Gasteiger partial charge in [0.1, 0.15) is 0 Å². The molecule has 10 heteroatoms. The molecule has 146 valence electrons. The molecule has 0 atom stereocenters. The van der Waals surface area contributed by atoms with Crippen LogP contribution in [0.2, 0.25) is 5.02 Å². The smallest absolute Gasteiger partial charge is 0.244 e. The predicted molar refractivity (Wildman–Crippen MR) is 112 cm³/mol. The Morgan fingerprint density at radius 1 is 1.18 bits per heavy atom. The molecule has 1 saturated heterocycles. The van der Waals surface area contributed by atoms with Gasteiger partial charge in [-0.05, 0) is 30.3 Å². The highest BCUT2D eigenvalue weighted by Gasteiger charge is 2.33. The Balaban J connectivity index is 1.38. The summed E-state index contributed by atoms with van der Waals surface area (Å²) in [6.45, 7) is 0.764. The van der Waals surface area contributed by atoms with Gasteiger partial charge in [-0.15, -0.1) is 11.3 Å². The molecule has 4 rings (SSSR count). The van der Waals surface area contributed by atoms with E-state index in [0.29, 0.717) is 18.1 Å². The maximum atomic E-state index is 12.7. The first kappa shape index (κ1) is 19.7. The zero-order valence-electron chi connectivity index (χ0n) is 14.6. The molecular formula is C18H16ClN3O3S3. The minimum atomic E-state index is -3.58. The van der Waals surface area contributed by atoms with Crippen LogP contribution in [-0.4, -0.2) is 54.0 Å². The molecule has 0 radical (unpaired) electrons. The Labute approximate surface area is 176 Å². The monoisotopic (exact) mass is 453 g/mol. The summed E-state index contributed by atoms with van der Waals surface area (Å²) in [4.78, 5) is 18.8. The lowest BCUT2D eigenvalue weighted by molar-refractivity contribution is -0.127. The van der Waals surface area contributed by atoms with Crippen molar-refractivity contribution in [3.05, 3.63) is 53.6 Å². The molecule has 1 amide bonds. The van der Waals surface area contributed by atoms with E-state index in [1.807, 2.05) is 12.1 Å². The van der Waals surface area contributed by atoms with Crippen molar-refractivity contribution in [1.82, 2.24) is 14.2 Å². The molecule has 2 aromatic carbocycles. The summed E-state index contributed by atoms with van der Waals surface area (Å²) >= 11 is 8.85. The van der Waals surface area contributed by atoms with Gasteiger partial charge in [-0.3, -0.25) is 4.79 Å². The third-order valence-corrected chi connectivity index (χ3v) is 8.58. The molecule has 0 N–H and O–H groups in total. The van der Waals surface area contributed by atoms with Crippen molar-refractivity contribution < 1.29 is 13.2 Å². The van der Waals surface area contributed by atoms with E-state index in [4.69, 9.17) is 11.6 Å². The fraction of sp³-hybridized carbons (Fsp3) is 0.222. The van der Waals surface area contributed by atoms with Gasteiger partial charge in [0, 0.05) is 18.1 Å². The van der Waals surface area contributed by atoms with Crippen LogP contribution in [0.15, 0.2) is 57.8 Å². The quantitative estimate of drug-likeness (QED) is 0.552. The fourth-order valence-electron chi connectivity index (χ4n) is 2.86. The number of benzene rings is 2. The van der Waals surface area contributed by atoms with Crippen LogP contribution in [0.3, 0.4) is 0 Å². The van der Waals surface area contributed by atoms with Gasteiger partial charge in [0.2, 0.25) is 15.9 Å². The molecule has 1 aliphatic rings. The molecule has 0 spiro atoms. The number of hydrogen-bond acceptors (Lipinski definition) is 6. The molecule has 0 unspecified atom stereocenters. The number of rotatable bonds is 5. The molecule has 3 aromatic rings. The Morgan fingerprint density at radius 3 is 2.75 bits per heavy atom. The number of sulfonamides is 1. The highest BCUT2D eigenvalue weighted by molar-refractivity contribution is 8.01. The topological polar surface area (TPSA) is 70.6 Å². The van der Waals surface area contributed by atoms with Crippen LogP contribution in [0.5, 0.6) is 0 Å². The molecule has 28 heavy (non-hydrogen) atoms. The number of carbonyl (C=O) groups is 1. The van der Waals surface area contributed by atoms with E-state index in [1.54, 1.807) is 41.3 Å². The average molecular weight is 454 g/mol. The average Bonchev–Trinajstić information content (AvgIpc) is 3.34. The largest absolute Gasteiger partial charge is 0.327 e. The van der Waals surface area contributed by atoms with Crippen LogP contribution in [0.4, 0.5) is 0 Å². The van der Waals surface area contributed by atoms with Crippen LogP contribution in [0.1, 0.15) is 0 Å². The second-order valence-corrected chi connectivity index (χ2v) is 10.8. The van der Waals surface area contributed by atoms with Crippen molar-refractivity contribution in [3.8, 4) is 0 Å². The fourth-order valence-corrected chi connectivity index (χ4v) is 6.39. The minimum absolute atomic E-state index is 0.0755. The Bertz CT molecular complexity index is 1120. The van der Waals surface area contributed by atoms with E-state index >= 15 is 0 Å². The first-order valence-corrected chi connectivity index (χ1v) is 12.1. The minimum Gasteiger partial charge on any atom is -0.327 e. The van der Waals surface area contributed by atoms with E-state index in [-0.39, 0.29) is 23.2 Å². The van der Waals surface area contributed by atoms with Crippen molar-refractivity contribution >= 4 is 60.8 Å². The second kappa shape index (κ2) is 8.00. The predicted octanol–water partition coefficient (Wildman–Crippen LogP) is 3.53. The molecular weight excluding hydrogens is 438 g/mol. The van der Waals surface area contributed by atoms with Crippen LogP contribution >= 0.6 is 34.7 Å². The van der Waals surface area contributed by atoms with Gasteiger partial charge in [-0.2, -0.15) is 4.31 Å². The highest BCUT2D eigenvalue weighted by Crippen LogP contribution is 2.31. The van der Waals surface area contributed by atoms with E-state index in [9.17, 15) is 13.2 Å². The molecule has 0 bridgehead atoms. The summed E-state index contributed by atoms with van der Waals surface area (Å²) in [6.07, 6.45) is 0. The Hall–Kier alpha value is -1.65. The molecule has 2 heterocycles. The van der Waals surface area contributed by atoms with E-state index in [0.717, 1.165) is 14.6 Å². The van der Waals surface area contributed by atoms with Crippen molar-refractivity contribution in [2.75, 3.05) is 25.5 Å². The highest BCUT2D eigenvalue weighted by atomic mass is 35.5. The molecule has 0 aliphatic carbocycles. The van der Waals surface area contributed by atoms with Gasteiger partial charge in [0.05, 0.1) is 27.5 Å². The van der Waals surface area contributed by atoms with Crippen molar-refractivity contribution in [2.24, 2.45) is 0 Å². The Morgan fingerprint density at radius 2 is 1.96 bits per heavy atom. The molecule has 6 nitrogen and oxygen atoms in total. The number of hydrogen-bond donors (Lipinski definition) is 0. The van der Waals surface area contributed by atoms with Crippen molar-refractivity contribution in [1.29, 1.82) is 0 Å². The number of nitrogens with zero attached hydrogens (tertiary/aromatic N) is 3.